The zero-order valence-electron chi connectivity index (χ0n) is 9.78. The Labute approximate surface area is 118 Å². The smallest absolute Gasteiger partial charge is 0.141 e. The van der Waals surface area contributed by atoms with Gasteiger partial charge < -0.3 is 11.5 Å². The van der Waals surface area contributed by atoms with Gasteiger partial charge in [-0.3, -0.25) is 0 Å². The first kappa shape index (κ1) is 12.3. The summed E-state index contributed by atoms with van der Waals surface area (Å²) in [5.41, 5.74) is 14.2. The van der Waals surface area contributed by atoms with Gasteiger partial charge in [-0.1, -0.05) is 29.8 Å². The van der Waals surface area contributed by atoms with Crippen LogP contribution in [-0.4, -0.2) is 0 Å². The van der Waals surface area contributed by atoms with E-state index >= 15 is 0 Å². The lowest BCUT2D eigenvalue weighted by Crippen LogP contribution is -1.90. The second-order valence-corrected chi connectivity index (χ2v) is 5.68. The SMILES string of the molecule is Nc1sc2cccc(-c3ccc(F)c(Cl)c3)c2c1N. The summed E-state index contributed by atoms with van der Waals surface area (Å²) in [6.45, 7) is 0. The zero-order chi connectivity index (χ0) is 13.6. The van der Waals surface area contributed by atoms with E-state index in [-0.39, 0.29) is 5.02 Å². The number of thiophene rings is 1. The Morgan fingerprint density at radius 3 is 2.63 bits per heavy atom. The number of halogens is 2. The summed E-state index contributed by atoms with van der Waals surface area (Å²) in [4.78, 5) is 0. The van der Waals surface area contributed by atoms with Gasteiger partial charge in [0.15, 0.2) is 0 Å². The number of rotatable bonds is 1. The third-order valence-electron chi connectivity index (χ3n) is 3.01. The minimum atomic E-state index is -0.435. The maximum Gasteiger partial charge on any atom is 0.141 e. The summed E-state index contributed by atoms with van der Waals surface area (Å²) in [7, 11) is 0. The van der Waals surface area contributed by atoms with Crippen molar-refractivity contribution in [3.63, 3.8) is 0 Å². The highest BCUT2D eigenvalue weighted by molar-refractivity contribution is 7.23. The van der Waals surface area contributed by atoms with Crippen molar-refractivity contribution in [3.05, 3.63) is 47.2 Å². The summed E-state index contributed by atoms with van der Waals surface area (Å²) >= 11 is 7.27. The summed E-state index contributed by atoms with van der Waals surface area (Å²) < 4.78 is 14.2. The van der Waals surface area contributed by atoms with Crippen molar-refractivity contribution < 1.29 is 4.39 Å². The Balaban J connectivity index is 2.33. The monoisotopic (exact) mass is 292 g/mol. The number of anilines is 2. The normalized spacial score (nSPS) is 11.1. The van der Waals surface area contributed by atoms with Crippen LogP contribution in [0.4, 0.5) is 15.1 Å². The van der Waals surface area contributed by atoms with E-state index in [0.717, 1.165) is 21.2 Å². The van der Waals surface area contributed by atoms with E-state index in [9.17, 15) is 4.39 Å². The zero-order valence-corrected chi connectivity index (χ0v) is 11.4. The molecule has 0 saturated carbocycles. The van der Waals surface area contributed by atoms with Crippen molar-refractivity contribution in [2.24, 2.45) is 0 Å². The molecule has 19 heavy (non-hydrogen) atoms. The standard InChI is InChI=1S/C14H10ClFN2S/c15-9-6-7(4-5-10(9)16)8-2-1-3-11-12(8)13(17)14(18)19-11/h1-6H,17-18H2. The molecule has 0 spiro atoms. The Morgan fingerprint density at radius 2 is 1.89 bits per heavy atom. The van der Waals surface area contributed by atoms with E-state index in [0.29, 0.717) is 10.7 Å². The molecule has 0 aliphatic rings. The summed E-state index contributed by atoms with van der Waals surface area (Å²) in [5.74, 6) is -0.435. The summed E-state index contributed by atoms with van der Waals surface area (Å²) in [6, 6.07) is 10.4. The van der Waals surface area contributed by atoms with Crippen LogP contribution in [0.2, 0.25) is 5.02 Å². The van der Waals surface area contributed by atoms with Crippen LogP contribution < -0.4 is 11.5 Å². The predicted octanol–water partition coefficient (Wildman–Crippen LogP) is 4.53. The minimum absolute atomic E-state index is 0.0938. The number of nitrogens with two attached hydrogens (primary N) is 2. The number of hydrogen-bond acceptors (Lipinski definition) is 3. The van der Waals surface area contributed by atoms with Gasteiger partial charge in [0, 0.05) is 10.1 Å². The van der Waals surface area contributed by atoms with Gasteiger partial charge in [-0.15, -0.1) is 11.3 Å². The molecule has 0 aliphatic heterocycles. The third kappa shape index (κ3) is 1.93. The molecule has 0 atom stereocenters. The van der Waals surface area contributed by atoms with Crippen molar-refractivity contribution in [2.45, 2.75) is 0 Å². The maximum absolute atomic E-state index is 13.2. The van der Waals surface area contributed by atoms with E-state index < -0.39 is 5.82 Å². The van der Waals surface area contributed by atoms with Gasteiger partial charge in [0.05, 0.1) is 10.7 Å². The fourth-order valence-corrected chi connectivity index (χ4v) is 3.19. The molecule has 0 amide bonds. The fraction of sp³-hybridized carbons (Fsp3) is 0. The van der Waals surface area contributed by atoms with E-state index in [1.807, 2.05) is 18.2 Å². The van der Waals surface area contributed by atoms with Crippen molar-refractivity contribution >= 4 is 43.7 Å². The quantitative estimate of drug-likeness (QED) is 0.692. The molecular formula is C14H10ClFN2S. The van der Waals surface area contributed by atoms with Crippen molar-refractivity contribution in [1.29, 1.82) is 0 Å². The van der Waals surface area contributed by atoms with Crippen LogP contribution in [0.15, 0.2) is 36.4 Å². The van der Waals surface area contributed by atoms with E-state index in [2.05, 4.69) is 0 Å². The van der Waals surface area contributed by atoms with E-state index in [1.165, 1.54) is 17.4 Å². The molecule has 0 aliphatic carbocycles. The molecule has 0 radical (unpaired) electrons. The lowest BCUT2D eigenvalue weighted by molar-refractivity contribution is 0.628. The Morgan fingerprint density at radius 1 is 1.11 bits per heavy atom. The van der Waals surface area contributed by atoms with Gasteiger partial charge in [-0.05, 0) is 29.3 Å². The Kier molecular flexibility index (Phi) is 2.84. The van der Waals surface area contributed by atoms with E-state index in [4.69, 9.17) is 23.1 Å². The third-order valence-corrected chi connectivity index (χ3v) is 4.30. The molecule has 3 aromatic rings. The van der Waals surface area contributed by atoms with E-state index in [1.54, 1.807) is 12.1 Å². The highest BCUT2D eigenvalue weighted by Crippen LogP contribution is 2.41. The van der Waals surface area contributed by atoms with Gasteiger partial charge in [0.25, 0.3) is 0 Å². The Bertz CT molecular complexity index is 782. The largest absolute Gasteiger partial charge is 0.396 e. The predicted molar refractivity (Wildman–Crippen MR) is 81.1 cm³/mol. The molecule has 4 N–H and O–H groups in total. The molecule has 0 unspecified atom stereocenters. The van der Waals surface area contributed by atoms with Crippen LogP contribution in [0, 0.1) is 5.82 Å². The van der Waals surface area contributed by atoms with Crippen LogP contribution in [0.1, 0.15) is 0 Å². The molecule has 5 heteroatoms. The highest BCUT2D eigenvalue weighted by atomic mass is 35.5. The first-order valence-corrected chi connectivity index (χ1v) is 6.79. The lowest BCUT2D eigenvalue weighted by Gasteiger charge is -2.06. The Hall–Kier alpha value is -1.78. The van der Waals surface area contributed by atoms with Crippen molar-refractivity contribution in [1.82, 2.24) is 0 Å². The summed E-state index contributed by atoms with van der Waals surface area (Å²) in [5, 5.41) is 1.58. The van der Waals surface area contributed by atoms with Crippen molar-refractivity contribution in [3.8, 4) is 11.1 Å². The molecule has 1 aromatic heterocycles. The number of nitrogen functional groups attached to an aromatic ring is 2. The average Bonchev–Trinajstić information content (AvgIpc) is 2.69. The number of fused-ring (bicyclic) bond motifs is 1. The van der Waals surface area contributed by atoms with Crippen LogP contribution in [0.5, 0.6) is 0 Å². The first-order valence-electron chi connectivity index (χ1n) is 5.60. The van der Waals surface area contributed by atoms with Crippen LogP contribution in [-0.2, 0) is 0 Å². The molecule has 1 heterocycles. The first-order chi connectivity index (χ1) is 9.08. The van der Waals surface area contributed by atoms with Gasteiger partial charge in [0.1, 0.15) is 10.8 Å². The highest BCUT2D eigenvalue weighted by Gasteiger charge is 2.13. The number of benzene rings is 2. The average molecular weight is 293 g/mol. The molecular weight excluding hydrogens is 283 g/mol. The molecule has 0 saturated heterocycles. The van der Waals surface area contributed by atoms with Gasteiger partial charge >= 0.3 is 0 Å². The molecule has 0 fully saturated rings. The number of hydrogen-bond donors (Lipinski definition) is 2. The van der Waals surface area contributed by atoms with Crippen LogP contribution in [0.25, 0.3) is 21.2 Å². The second kappa shape index (κ2) is 4.40. The van der Waals surface area contributed by atoms with Gasteiger partial charge in [-0.2, -0.15) is 0 Å². The molecule has 96 valence electrons. The minimum Gasteiger partial charge on any atom is -0.396 e. The second-order valence-electron chi connectivity index (χ2n) is 4.19. The molecule has 2 nitrogen and oxygen atoms in total. The summed E-state index contributed by atoms with van der Waals surface area (Å²) in [6.07, 6.45) is 0. The fourth-order valence-electron chi connectivity index (χ4n) is 2.09. The van der Waals surface area contributed by atoms with Crippen LogP contribution in [0.3, 0.4) is 0 Å². The molecule has 0 bridgehead atoms. The van der Waals surface area contributed by atoms with Crippen LogP contribution >= 0.6 is 22.9 Å². The van der Waals surface area contributed by atoms with Crippen molar-refractivity contribution in [2.75, 3.05) is 11.5 Å². The maximum atomic E-state index is 13.2. The topological polar surface area (TPSA) is 52.0 Å². The molecule has 2 aromatic carbocycles. The van der Waals surface area contributed by atoms with Gasteiger partial charge in [-0.25, -0.2) is 4.39 Å². The van der Waals surface area contributed by atoms with Gasteiger partial charge in [0.2, 0.25) is 0 Å². The lowest BCUT2D eigenvalue weighted by atomic mass is 10.0. The molecule has 3 rings (SSSR count).